The molecule has 4 aromatic rings. The molecule has 6 nitrogen and oxygen atoms in total. The molecule has 0 saturated heterocycles. The fourth-order valence-electron chi connectivity index (χ4n) is 3.53. The van der Waals surface area contributed by atoms with Crippen molar-refractivity contribution in [3.05, 3.63) is 88.2 Å². The minimum absolute atomic E-state index is 0.222. The molecule has 0 spiro atoms. The first kappa shape index (κ1) is 22.7. The standard InChI is InChI=1S/C26H26N2O4S/c1-3-30-26(29)22(24-16-27-17-33-24)15-19-9-11-21(12-10-19)31-14-13-23-18(2)32-25(28-23)20-7-5-4-6-8-20/h4-12,16-17,22H,3,13-15H2,1-2H3. The number of thiazole rings is 1. The minimum atomic E-state index is -0.349. The Labute approximate surface area is 197 Å². The molecular formula is C26H26N2O4S. The maximum Gasteiger partial charge on any atom is 0.314 e. The molecule has 1 unspecified atom stereocenters. The van der Waals surface area contributed by atoms with E-state index in [2.05, 4.69) is 9.97 Å². The summed E-state index contributed by atoms with van der Waals surface area (Å²) in [5.74, 6) is 1.64. The summed E-state index contributed by atoms with van der Waals surface area (Å²) in [5, 5.41) is 0. The van der Waals surface area contributed by atoms with E-state index in [1.807, 2.05) is 68.4 Å². The highest BCUT2D eigenvalue weighted by molar-refractivity contribution is 7.09. The van der Waals surface area contributed by atoms with Crippen molar-refractivity contribution >= 4 is 17.3 Å². The van der Waals surface area contributed by atoms with Gasteiger partial charge >= 0.3 is 5.97 Å². The second-order valence-corrected chi connectivity index (χ2v) is 8.46. The average molecular weight is 463 g/mol. The number of aryl methyl sites for hydroxylation is 1. The summed E-state index contributed by atoms with van der Waals surface area (Å²) in [7, 11) is 0. The molecule has 33 heavy (non-hydrogen) atoms. The van der Waals surface area contributed by atoms with Gasteiger partial charge in [-0.15, -0.1) is 11.3 Å². The Bertz CT molecular complexity index is 1150. The number of nitrogens with zero attached hydrogens (tertiary/aromatic N) is 2. The van der Waals surface area contributed by atoms with E-state index in [9.17, 15) is 4.79 Å². The number of aromatic nitrogens is 2. The third kappa shape index (κ3) is 5.87. The van der Waals surface area contributed by atoms with Crippen LogP contribution in [0.1, 0.15) is 34.7 Å². The second kappa shape index (κ2) is 10.9. The number of ether oxygens (including phenoxy) is 2. The third-order valence-corrected chi connectivity index (χ3v) is 6.14. The number of hydrogen-bond acceptors (Lipinski definition) is 7. The maximum atomic E-state index is 12.4. The summed E-state index contributed by atoms with van der Waals surface area (Å²) in [6.45, 7) is 4.59. The van der Waals surface area contributed by atoms with Gasteiger partial charge in [0, 0.05) is 23.1 Å². The van der Waals surface area contributed by atoms with Gasteiger partial charge in [0.1, 0.15) is 11.5 Å². The molecular weight excluding hydrogens is 436 g/mol. The van der Waals surface area contributed by atoms with E-state index in [0.29, 0.717) is 31.9 Å². The van der Waals surface area contributed by atoms with Crippen LogP contribution in [0.15, 0.2) is 70.7 Å². The second-order valence-electron chi connectivity index (χ2n) is 7.54. The van der Waals surface area contributed by atoms with Gasteiger partial charge in [0.2, 0.25) is 5.89 Å². The summed E-state index contributed by atoms with van der Waals surface area (Å²) in [6, 6.07) is 17.7. The molecule has 1 atom stereocenters. The van der Waals surface area contributed by atoms with Gasteiger partial charge < -0.3 is 13.9 Å². The SMILES string of the molecule is CCOC(=O)C(Cc1ccc(OCCc2nc(-c3ccccc3)oc2C)cc1)c1cncs1. The summed E-state index contributed by atoms with van der Waals surface area (Å²) >= 11 is 1.47. The lowest BCUT2D eigenvalue weighted by molar-refractivity contribution is -0.144. The summed E-state index contributed by atoms with van der Waals surface area (Å²) < 4.78 is 17.0. The van der Waals surface area contributed by atoms with Gasteiger partial charge in [-0.05, 0) is 50.1 Å². The molecule has 0 aliphatic rings. The molecule has 2 aromatic heterocycles. The Hall–Kier alpha value is -3.45. The lowest BCUT2D eigenvalue weighted by Gasteiger charge is -2.14. The van der Waals surface area contributed by atoms with Crippen molar-refractivity contribution in [3.8, 4) is 17.2 Å². The monoisotopic (exact) mass is 462 g/mol. The predicted molar refractivity (Wildman–Crippen MR) is 128 cm³/mol. The van der Waals surface area contributed by atoms with Crippen molar-refractivity contribution in [2.24, 2.45) is 0 Å². The van der Waals surface area contributed by atoms with Gasteiger partial charge in [-0.3, -0.25) is 9.78 Å². The molecule has 0 fully saturated rings. The molecule has 2 aromatic carbocycles. The fraction of sp³-hybridized carbons (Fsp3) is 0.269. The fourth-order valence-corrected chi connectivity index (χ4v) is 4.24. The Balaban J connectivity index is 1.33. The third-order valence-electron chi connectivity index (χ3n) is 5.25. The van der Waals surface area contributed by atoms with Crippen LogP contribution in [-0.2, 0) is 22.4 Å². The van der Waals surface area contributed by atoms with Gasteiger partial charge in [0.15, 0.2) is 0 Å². The van der Waals surface area contributed by atoms with Gasteiger partial charge in [0.05, 0.1) is 30.3 Å². The first-order valence-electron chi connectivity index (χ1n) is 10.9. The highest BCUT2D eigenvalue weighted by Crippen LogP contribution is 2.27. The summed E-state index contributed by atoms with van der Waals surface area (Å²) in [6.07, 6.45) is 2.95. The van der Waals surface area contributed by atoms with Gasteiger partial charge in [0.25, 0.3) is 0 Å². The topological polar surface area (TPSA) is 74.5 Å². The highest BCUT2D eigenvalue weighted by atomic mass is 32.1. The van der Waals surface area contributed by atoms with Crippen LogP contribution in [0.4, 0.5) is 0 Å². The van der Waals surface area contributed by atoms with E-state index in [1.165, 1.54) is 11.3 Å². The lowest BCUT2D eigenvalue weighted by Crippen LogP contribution is -2.17. The van der Waals surface area contributed by atoms with E-state index in [-0.39, 0.29) is 11.9 Å². The van der Waals surface area contributed by atoms with Crippen LogP contribution in [0.5, 0.6) is 5.75 Å². The van der Waals surface area contributed by atoms with E-state index in [1.54, 1.807) is 11.7 Å². The zero-order valence-corrected chi connectivity index (χ0v) is 19.5. The van der Waals surface area contributed by atoms with Crippen molar-refractivity contribution in [2.75, 3.05) is 13.2 Å². The number of esters is 1. The Morgan fingerprint density at radius 3 is 2.61 bits per heavy atom. The summed E-state index contributed by atoms with van der Waals surface area (Å²) in [5.41, 5.74) is 4.63. The van der Waals surface area contributed by atoms with Crippen molar-refractivity contribution in [3.63, 3.8) is 0 Å². The quantitative estimate of drug-likeness (QED) is 0.285. The van der Waals surface area contributed by atoms with Crippen LogP contribution in [0.2, 0.25) is 0 Å². The lowest BCUT2D eigenvalue weighted by atomic mass is 9.98. The largest absolute Gasteiger partial charge is 0.493 e. The van der Waals surface area contributed by atoms with E-state index < -0.39 is 0 Å². The molecule has 0 N–H and O–H groups in total. The van der Waals surface area contributed by atoms with Crippen molar-refractivity contribution in [1.29, 1.82) is 0 Å². The molecule has 4 rings (SSSR count). The van der Waals surface area contributed by atoms with Crippen LogP contribution >= 0.6 is 11.3 Å². The minimum Gasteiger partial charge on any atom is -0.493 e. The molecule has 0 radical (unpaired) electrons. The predicted octanol–water partition coefficient (Wildman–Crippen LogP) is 5.62. The normalized spacial score (nSPS) is 11.8. The molecule has 170 valence electrons. The molecule has 7 heteroatoms. The first-order valence-corrected chi connectivity index (χ1v) is 11.8. The van der Waals surface area contributed by atoms with Crippen LogP contribution < -0.4 is 4.74 Å². The van der Waals surface area contributed by atoms with E-state index in [4.69, 9.17) is 13.9 Å². The van der Waals surface area contributed by atoms with Crippen LogP contribution in [-0.4, -0.2) is 29.2 Å². The maximum absolute atomic E-state index is 12.4. The molecule has 0 aliphatic carbocycles. The van der Waals surface area contributed by atoms with Crippen molar-refractivity contribution in [2.45, 2.75) is 32.6 Å². The zero-order chi connectivity index (χ0) is 23.0. The smallest absolute Gasteiger partial charge is 0.314 e. The number of oxazole rings is 1. The average Bonchev–Trinajstić information content (AvgIpc) is 3.49. The number of rotatable bonds is 10. The van der Waals surface area contributed by atoms with Crippen molar-refractivity contribution < 1.29 is 18.7 Å². The number of carbonyl (C=O) groups excluding carboxylic acids is 1. The Kier molecular flexibility index (Phi) is 7.52. The van der Waals surface area contributed by atoms with Crippen LogP contribution in [0.3, 0.4) is 0 Å². The zero-order valence-electron chi connectivity index (χ0n) is 18.7. The number of carbonyl (C=O) groups is 1. The van der Waals surface area contributed by atoms with Crippen LogP contribution in [0.25, 0.3) is 11.5 Å². The van der Waals surface area contributed by atoms with Gasteiger partial charge in [-0.2, -0.15) is 0 Å². The first-order chi connectivity index (χ1) is 16.1. The Morgan fingerprint density at radius 1 is 1.12 bits per heavy atom. The van der Waals surface area contributed by atoms with E-state index >= 15 is 0 Å². The molecule has 0 saturated carbocycles. The van der Waals surface area contributed by atoms with E-state index in [0.717, 1.165) is 33.2 Å². The molecule has 2 heterocycles. The number of benzene rings is 2. The van der Waals surface area contributed by atoms with Gasteiger partial charge in [-0.1, -0.05) is 30.3 Å². The van der Waals surface area contributed by atoms with Gasteiger partial charge in [-0.25, -0.2) is 4.98 Å². The molecule has 0 bridgehead atoms. The molecule has 0 aliphatic heterocycles. The number of hydrogen-bond donors (Lipinski definition) is 0. The summed E-state index contributed by atoms with van der Waals surface area (Å²) in [4.78, 5) is 22.1. The highest BCUT2D eigenvalue weighted by Gasteiger charge is 2.24. The molecule has 0 amide bonds. The van der Waals surface area contributed by atoms with Crippen LogP contribution in [0, 0.1) is 6.92 Å². The Morgan fingerprint density at radius 2 is 1.91 bits per heavy atom. The van der Waals surface area contributed by atoms with Crippen molar-refractivity contribution in [1.82, 2.24) is 9.97 Å².